The molecule has 1 aliphatic carbocycles. The molecule has 6 nitrogen and oxygen atoms in total. The Labute approximate surface area is 179 Å². The van der Waals surface area contributed by atoms with E-state index in [0.717, 1.165) is 53.7 Å². The molecule has 152 valence electrons. The highest BCUT2D eigenvalue weighted by atomic mass is 127. The van der Waals surface area contributed by atoms with E-state index in [9.17, 15) is 0 Å². The first-order chi connectivity index (χ1) is 12.7. The normalized spacial score (nSPS) is 21.9. The summed E-state index contributed by atoms with van der Waals surface area (Å²) in [5.41, 5.74) is 0.966. The number of methoxy groups -OCH3 is 3. The predicted octanol–water partition coefficient (Wildman–Crippen LogP) is 3.53. The van der Waals surface area contributed by atoms with Gasteiger partial charge in [-0.2, -0.15) is 0 Å². The average molecular weight is 489 g/mol. The Morgan fingerprint density at radius 2 is 1.59 bits per heavy atom. The largest absolute Gasteiger partial charge is 0.496 e. The highest BCUT2D eigenvalue weighted by Crippen LogP contribution is 2.36. The number of aliphatic imine (C=N–C) groups is 1. The lowest BCUT2D eigenvalue weighted by Crippen LogP contribution is -2.40. The Kier molecular flexibility index (Phi) is 8.31. The van der Waals surface area contributed by atoms with Gasteiger partial charge in [-0.25, -0.2) is 0 Å². The Balaban J connectivity index is 0.00000261. The highest BCUT2D eigenvalue weighted by molar-refractivity contribution is 14.0. The molecule has 2 atom stereocenters. The fraction of sp³-hybridized carbons (Fsp3) is 0.650. The monoisotopic (exact) mass is 489 g/mol. The molecular formula is C20H32IN3O3. The summed E-state index contributed by atoms with van der Waals surface area (Å²) in [7, 11) is 6.82. The molecule has 1 aliphatic heterocycles. The third kappa shape index (κ3) is 4.92. The molecule has 1 saturated heterocycles. The summed E-state index contributed by atoms with van der Waals surface area (Å²) in [6.45, 7) is 2.82. The van der Waals surface area contributed by atoms with Crippen LogP contribution in [0.15, 0.2) is 17.1 Å². The van der Waals surface area contributed by atoms with E-state index in [0.29, 0.717) is 6.54 Å². The summed E-state index contributed by atoms with van der Waals surface area (Å²) in [6.07, 6.45) is 5.47. The van der Waals surface area contributed by atoms with Crippen LogP contribution in [0.4, 0.5) is 0 Å². The fourth-order valence-corrected chi connectivity index (χ4v) is 4.33. The minimum Gasteiger partial charge on any atom is -0.496 e. The second kappa shape index (κ2) is 10.2. The number of nitrogens with one attached hydrogen (secondary N) is 1. The van der Waals surface area contributed by atoms with Crippen LogP contribution in [0.3, 0.4) is 0 Å². The molecule has 27 heavy (non-hydrogen) atoms. The number of halogens is 1. The lowest BCUT2D eigenvalue weighted by molar-refractivity contribution is 0.299. The van der Waals surface area contributed by atoms with Gasteiger partial charge in [0.25, 0.3) is 0 Å². The van der Waals surface area contributed by atoms with E-state index in [1.165, 1.54) is 25.7 Å². The topological polar surface area (TPSA) is 55.3 Å². The van der Waals surface area contributed by atoms with Gasteiger partial charge in [-0.3, -0.25) is 4.99 Å². The van der Waals surface area contributed by atoms with E-state index < -0.39 is 0 Å². The maximum atomic E-state index is 5.55. The zero-order chi connectivity index (χ0) is 18.5. The first-order valence-electron chi connectivity index (χ1n) is 9.44. The van der Waals surface area contributed by atoms with Crippen molar-refractivity contribution >= 4 is 29.9 Å². The molecule has 1 aromatic carbocycles. The summed E-state index contributed by atoms with van der Waals surface area (Å²) in [6, 6.07) is 3.76. The van der Waals surface area contributed by atoms with E-state index in [-0.39, 0.29) is 24.0 Å². The van der Waals surface area contributed by atoms with Crippen molar-refractivity contribution in [2.75, 3.05) is 41.5 Å². The molecule has 0 bridgehead atoms. The first-order valence-corrected chi connectivity index (χ1v) is 9.44. The van der Waals surface area contributed by atoms with E-state index >= 15 is 0 Å². The molecule has 0 radical (unpaired) electrons. The van der Waals surface area contributed by atoms with Crippen molar-refractivity contribution in [3.8, 4) is 17.2 Å². The maximum absolute atomic E-state index is 5.55. The number of guanidine groups is 1. The van der Waals surface area contributed by atoms with Gasteiger partial charge in [0.05, 0.1) is 33.4 Å². The van der Waals surface area contributed by atoms with Gasteiger partial charge in [0.15, 0.2) is 5.96 Å². The van der Waals surface area contributed by atoms with Gasteiger partial charge in [-0.05, 0) is 24.7 Å². The van der Waals surface area contributed by atoms with Crippen molar-refractivity contribution in [3.63, 3.8) is 0 Å². The number of ether oxygens (including phenoxy) is 3. The highest BCUT2D eigenvalue weighted by Gasteiger charge is 2.35. The van der Waals surface area contributed by atoms with Crippen LogP contribution in [0.1, 0.15) is 31.2 Å². The Morgan fingerprint density at radius 3 is 2.04 bits per heavy atom. The van der Waals surface area contributed by atoms with Crippen LogP contribution < -0.4 is 19.5 Å². The van der Waals surface area contributed by atoms with E-state index in [4.69, 9.17) is 14.2 Å². The third-order valence-electron chi connectivity index (χ3n) is 5.73. The zero-order valence-corrected chi connectivity index (χ0v) is 19.1. The van der Waals surface area contributed by atoms with Gasteiger partial charge in [-0.15, -0.1) is 24.0 Å². The predicted molar refractivity (Wildman–Crippen MR) is 119 cm³/mol. The number of rotatable bonds is 5. The van der Waals surface area contributed by atoms with Crippen molar-refractivity contribution < 1.29 is 14.2 Å². The fourth-order valence-electron chi connectivity index (χ4n) is 4.33. The summed E-state index contributed by atoms with van der Waals surface area (Å²) in [4.78, 5) is 6.92. The second-order valence-corrected chi connectivity index (χ2v) is 7.12. The van der Waals surface area contributed by atoms with Crippen LogP contribution in [0.5, 0.6) is 17.2 Å². The lowest BCUT2D eigenvalue weighted by Gasteiger charge is -2.23. The molecule has 2 aliphatic rings. The maximum Gasteiger partial charge on any atom is 0.193 e. The molecule has 2 unspecified atom stereocenters. The minimum absolute atomic E-state index is 0. The zero-order valence-electron chi connectivity index (χ0n) is 16.8. The van der Waals surface area contributed by atoms with Gasteiger partial charge in [0.1, 0.15) is 17.2 Å². The second-order valence-electron chi connectivity index (χ2n) is 7.12. The Bertz CT molecular complexity index is 614. The van der Waals surface area contributed by atoms with E-state index in [2.05, 4.69) is 15.2 Å². The standard InChI is InChI=1S/C20H31N3O3.HI/c1-21-20(23-12-14-7-5-6-8-15(14)13-23)22-11-17-18(25-3)9-16(24-2)10-19(17)26-4;/h9-10,14-15H,5-8,11-13H2,1-4H3,(H,21,22);1H. The van der Waals surface area contributed by atoms with E-state index in [1.54, 1.807) is 21.3 Å². The summed E-state index contributed by atoms with van der Waals surface area (Å²) in [5, 5.41) is 3.50. The number of hydrogen-bond donors (Lipinski definition) is 1. The Hall–Kier alpha value is -1.38. The van der Waals surface area contributed by atoms with Crippen LogP contribution in [0.2, 0.25) is 0 Å². The lowest BCUT2D eigenvalue weighted by atomic mass is 9.82. The smallest absolute Gasteiger partial charge is 0.193 e. The molecule has 1 aromatic rings. The van der Waals surface area contributed by atoms with Gasteiger partial charge >= 0.3 is 0 Å². The molecule has 0 spiro atoms. The SMILES string of the molecule is CN=C(NCc1c(OC)cc(OC)cc1OC)N1CC2CCCCC2C1.I. The number of likely N-dealkylation sites (tertiary alicyclic amines) is 1. The molecule has 1 N–H and O–H groups in total. The van der Waals surface area contributed by atoms with Crippen LogP contribution in [0.25, 0.3) is 0 Å². The van der Waals surface area contributed by atoms with Gasteiger partial charge in [0.2, 0.25) is 0 Å². The molecule has 7 heteroatoms. The van der Waals surface area contributed by atoms with Gasteiger partial charge in [0, 0.05) is 32.3 Å². The van der Waals surface area contributed by atoms with Crippen LogP contribution in [-0.4, -0.2) is 52.3 Å². The summed E-state index contributed by atoms with van der Waals surface area (Å²) in [5.74, 6) is 4.83. The molecule has 2 fully saturated rings. The molecule has 1 heterocycles. The molecular weight excluding hydrogens is 457 g/mol. The number of hydrogen-bond acceptors (Lipinski definition) is 4. The van der Waals surface area contributed by atoms with Gasteiger partial charge < -0.3 is 24.4 Å². The van der Waals surface area contributed by atoms with Crippen LogP contribution in [0, 0.1) is 11.8 Å². The molecule has 0 aromatic heterocycles. The number of benzene rings is 1. The number of nitrogens with zero attached hydrogens (tertiary/aromatic N) is 2. The quantitative estimate of drug-likeness (QED) is 0.390. The first kappa shape index (κ1) is 21.9. The summed E-state index contributed by atoms with van der Waals surface area (Å²) < 4.78 is 16.4. The van der Waals surface area contributed by atoms with Crippen molar-refractivity contribution in [2.45, 2.75) is 32.2 Å². The summed E-state index contributed by atoms with van der Waals surface area (Å²) >= 11 is 0. The van der Waals surface area contributed by atoms with Crippen molar-refractivity contribution in [1.82, 2.24) is 10.2 Å². The van der Waals surface area contributed by atoms with Crippen molar-refractivity contribution in [2.24, 2.45) is 16.8 Å². The van der Waals surface area contributed by atoms with Crippen LogP contribution in [-0.2, 0) is 6.54 Å². The number of fused-ring (bicyclic) bond motifs is 1. The Morgan fingerprint density at radius 1 is 1.04 bits per heavy atom. The van der Waals surface area contributed by atoms with Crippen molar-refractivity contribution in [1.29, 1.82) is 0 Å². The third-order valence-corrected chi connectivity index (χ3v) is 5.73. The van der Waals surface area contributed by atoms with Gasteiger partial charge in [-0.1, -0.05) is 12.8 Å². The molecule has 3 rings (SSSR count). The van der Waals surface area contributed by atoms with Crippen LogP contribution >= 0.6 is 24.0 Å². The van der Waals surface area contributed by atoms with E-state index in [1.807, 2.05) is 19.2 Å². The molecule has 0 amide bonds. The van der Waals surface area contributed by atoms with Crippen molar-refractivity contribution in [3.05, 3.63) is 17.7 Å². The molecule has 1 saturated carbocycles. The average Bonchev–Trinajstić information content (AvgIpc) is 3.11. The minimum atomic E-state index is 0.